The van der Waals surface area contributed by atoms with Crippen LogP contribution in [0.4, 0.5) is 0 Å². The van der Waals surface area contributed by atoms with Gasteiger partial charge in [-0.2, -0.15) is 0 Å². The number of hydrogen-bond donors (Lipinski definition) is 0. The molecule has 7 heteroatoms. The van der Waals surface area contributed by atoms with Crippen LogP contribution in [0.3, 0.4) is 0 Å². The van der Waals surface area contributed by atoms with Crippen molar-refractivity contribution in [2.24, 2.45) is 0 Å². The minimum absolute atomic E-state index is 0.137. The minimum Gasteiger partial charge on any atom is -0.493 e. The van der Waals surface area contributed by atoms with Gasteiger partial charge >= 0.3 is 5.97 Å². The van der Waals surface area contributed by atoms with Crippen LogP contribution in [0.25, 0.3) is 0 Å². The molecule has 0 fully saturated rings. The Bertz CT molecular complexity index is 1090. The number of carbonyl (C=O) groups excluding carboxylic acids is 1. The Balaban J connectivity index is 1.47. The number of methoxy groups -OCH3 is 1. The molecule has 1 aliphatic carbocycles. The molecule has 0 radical (unpaired) electrons. The Kier molecular flexibility index (Phi) is 5.16. The predicted molar refractivity (Wildman–Crippen MR) is 119 cm³/mol. The topological polar surface area (TPSA) is 48.0 Å². The van der Waals surface area contributed by atoms with Crippen LogP contribution < -0.4 is 9.47 Å². The summed E-state index contributed by atoms with van der Waals surface area (Å²) in [6, 6.07) is 8.87. The van der Waals surface area contributed by atoms with E-state index in [1.807, 2.05) is 12.1 Å². The van der Waals surface area contributed by atoms with Gasteiger partial charge in [-0.1, -0.05) is 35.3 Å². The Morgan fingerprint density at radius 1 is 1.26 bits per heavy atom. The van der Waals surface area contributed by atoms with Gasteiger partial charge in [0.05, 0.1) is 23.1 Å². The van der Waals surface area contributed by atoms with E-state index < -0.39 is 12.1 Å². The number of rotatable bonds is 3. The molecule has 0 unspecified atom stereocenters. The highest BCUT2D eigenvalue weighted by Gasteiger charge is 2.53. The van der Waals surface area contributed by atoms with Crippen molar-refractivity contribution in [1.29, 1.82) is 0 Å². The zero-order chi connectivity index (χ0) is 21.8. The molecular formula is C24H23Cl2NO4. The summed E-state index contributed by atoms with van der Waals surface area (Å²) in [5.74, 6) is 1.06. The fraction of sp³-hybridized carbons (Fsp3) is 0.375. The van der Waals surface area contributed by atoms with Crippen molar-refractivity contribution in [3.63, 3.8) is 0 Å². The smallest absolute Gasteiger partial charge is 0.340 e. The van der Waals surface area contributed by atoms with E-state index in [0.717, 1.165) is 31.0 Å². The standard InChI is InChI=1S/C24H23Cl2NO4/c1-27-10-9-24-8-7-16(30-23(28)17-11-15(25)4-5-18(17)26)12-20(24)31-22-19(29-2)6-3-14(13-27)21(22)24/h3-8,11,16,20H,9-10,12-13H2,1-2H3/t16-,20-,24-/m0/s1. The lowest BCUT2D eigenvalue weighted by Gasteiger charge is -2.36. The first-order valence-corrected chi connectivity index (χ1v) is 11.1. The number of halogens is 2. The summed E-state index contributed by atoms with van der Waals surface area (Å²) in [7, 11) is 3.80. The number of hydrogen-bond acceptors (Lipinski definition) is 5. The lowest BCUT2D eigenvalue weighted by molar-refractivity contribution is 0.0218. The van der Waals surface area contributed by atoms with Gasteiger partial charge in [0, 0.05) is 23.6 Å². The molecular weight excluding hydrogens is 437 g/mol. The van der Waals surface area contributed by atoms with E-state index in [0.29, 0.717) is 16.5 Å². The Labute approximate surface area is 191 Å². The zero-order valence-electron chi connectivity index (χ0n) is 17.4. The molecule has 0 saturated carbocycles. The average molecular weight is 460 g/mol. The fourth-order valence-electron chi connectivity index (χ4n) is 5.01. The Hall–Kier alpha value is -2.21. The van der Waals surface area contributed by atoms with Gasteiger partial charge in [0.1, 0.15) is 12.2 Å². The molecule has 0 bridgehead atoms. The molecule has 2 aromatic carbocycles. The summed E-state index contributed by atoms with van der Waals surface area (Å²) in [6.45, 7) is 1.81. The highest BCUT2D eigenvalue weighted by Crippen LogP contribution is 2.55. The van der Waals surface area contributed by atoms with E-state index in [9.17, 15) is 4.79 Å². The van der Waals surface area contributed by atoms with Crippen molar-refractivity contribution in [3.8, 4) is 11.5 Å². The third-order valence-corrected chi connectivity index (χ3v) is 7.10. The van der Waals surface area contributed by atoms with E-state index >= 15 is 0 Å². The van der Waals surface area contributed by atoms with Crippen LogP contribution in [-0.2, 0) is 16.7 Å². The fourth-order valence-corrected chi connectivity index (χ4v) is 5.37. The van der Waals surface area contributed by atoms with Crippen molar-refractivity contribution in [2.75, 3.05) is 20.7 Å². The van der Waals surface area contributed by atoms with Gasteiger partial charge in [-0.25, -0.2) is 4.79 Å². The summed E-state index contributed by atoms with van der Waals surface area (Å²) < 4.78 is 17.8. The SMILES string of the molecule is COc1ccc2c3c1O[C@H]1C[C@@H](OC(=O)c4cc(Cl)ccc4Cl)C=C[C@@]31CCN(C)C2. The first-order chi connectivity index (χ1) is 14.9. The molecule has 2 heterocycles. The van der Waals surface area contributed by atoms with E-state index in [-0.39, 0.29) is 17.1 Å². The zero-order valence-corrected chi connectivity index (χ0v) is 18.9. The first kappa shape index (κ1) is 20.7. The van der Waals surface area contributed by atoms with Gasteiger partial charge in [0.15, 0.2) is 11.5 Å². The lowest BCUT2D eigenvalue weighted by atomic mass is 9.69. The first-order valence-electron chi connectivity index (χ1n) is 10.3. The number of benzene rings is 2. The second-order valence-electron chi connectivity index (χ2n) is 8.43. The van der Waals surface area contributed by atoms with Crippen LogP contribution in [-0.4, -0.2) is 43.8 Å². The third kappa shape index (κ3) is 3.39. The largest absolute Gasteiger partial charge is 0.493 e. The highest BCUT2D eigenvalue weighted by atomic mass is 35.5. The summed E-state index contributed by atoms with van der Waals surface area (Å²) in [5.41, 5.74) is 2.48. The maximum Gasteiger partial charge on any atom is 0.340 e. The molecule has 1 spiro atoms. The maximum atomic E-state index is 12.7. The van der Waals surface area contributed by atoms with Crippen LogP contribution in [0.2, 0.25) is 10.0 Å². The second-order valence-corrected chi connectivity index (χ2v) is 9.27. The number of nitrogens with zero attached hydrogens (tertiary/aromatic N) is 1. The van der Waals surface area contributed by atoms with E-state index in [1.54, 1.807) is 19.2 Å². The molecule has 3 atom stereocenters. The lowest BCUT2D eigenvalue weighted by Crippen LogP contribution is -2.43. The molecule has 0 amide bonds. The molecule has 0 saturated heterocycles. The molecule has 0 N–H and O–H groups in total. The number of carbonyl (C=O) groups is 1. The Morgan fingerprint density at radius 2 is 2.10 bits per heavy atom. The summed E-state index contributed by atoms with van der Waals surface area (Å²) in [4.78, 5) is 15.1. The van der Waals surface area contributed by atoms with Crippen LogP contribution in [0.5, 0.6) is 11.5 Å². The van der Waals surface area contributed by atoms with Gasteiger partial charge in [0.25, 0.3) is 0 Å². The van der Waals surface area contributed by atoms with Gasteiger partial charge in [0.2, 0.25) is 0 Å². The molecule has 162 valence electrons. The molecule has 3 aliphatic rings. The molecule has 5 nitrogen and oxygen atoms in total. The van der Waals surface area contributed by atoms with Crippen LogP contribution >= 0.6 is 23.2 Å². The van der Waals surface area contributed by atoms with Crippen molar-refractivity contribution >= 4 is 29.2 Å². The number of ether oxygens (including phenoxy) is 3. The minimum atomic E-state index is -0.493. The molecule has 5 rings (SSSR count). The van der Waals surface area contributed by atoms with Crippen molar-refractivity contribution in [1.82, 2.24) is 4.90 Å². The number of esters is 1. The van der Waals surface area contributed by atoms with E-state index in [4.69, 9.17) is 37.4 Å². The molecule has 0 aromatic heterocycles. The van der Waals surface area contributed by atoms with Crippen molar-refractivity contribution in [3.05, 3.63) is 69.2 Å². The van der Waals surface area contributed by atoms with Crippen LogP contribution in [0.15, 0.2) is 42.5 Å². The van der Waals surface area contributed by atoms with Crippen molar-refractivity contribution in [2.45, 2.75) is 37.0 Å². The second kappa shape index (κ2) is 7.73. The average Bonchev–Trinajstić information content (AvgIpc) is 3.01. The highest BCUT2D eigenvalue weighted by molar-refractivity contribution is 6.35. The van der Waals surface area contributed by atoms with Gasteiger partial charge in [-0.3, -0.25) is 0 Å². The van der Waals surface area contributed by atoms with Gasteiger partial charge in [-0.15, -0.1) is 0 Å². The summed E-state index contributed by atoms with van der Waals surface area (Å²) >= 11 is 12.2. The third-order valence-electron chi connectivity index (χ3n) is 6.54. The monoisotopic (exact) mass is 459 g/mol. The molecule has 31 heavy (non-hydrogen) atoms. The molecule has 2 aromatic rings. The maximum absolute atomic E-state index is 12.7. The van der Waals surface area contributed by atoms with E-state index in [2.05, 4.69) is 24.1 Å². The van der Waals surface area contributed by atoms with Crippen LogP contribution in [0, 0.1) is 0 Å². The van der Waals surface area contributed by atoms with Crippen molar-refractivity contribution < 1.29 is 19.0 Å². The summed E-state index contributed by atoms with van der Waals surface area (Å²) in [6.07, 6.45) is 5.09. The quantitative estimate of drug-likeness (QED) is 0.476. The normalized spacial score (nSPS) is 26.5. The Morgan fingerprint density at radius 3 is 2.90 bits per heavy atom. The summed E-state index contributed by atoms with van der Waals surface area (Å²) in [5, 5.41) is 0.752. The van der Waals surface area contributed by atoms with Gasteiger partial charge in [-0.05, 0) is 55.9 Å². The predicted octanol–water partition coefficient (Wildman–Crippen LogP) is 5.02. The van der Waals surface area contributed by atoms with Crippen LogP contribution in [0.1, 0.15) is 34.3 Å². The van der Waals surface area contributed by atoms with E-state index in [1.165, 1.54) is 17.2 Å². The molecule has 2 aliphatic heterocycles. The van der Waals surface area contributed by atoms with Gasteiger partial charge < -0.3 is 19.1 Å².